The van der Waals surface area contributed by atoms with E-state index in [1.165, 1.54) is 31.2 Å². The SMILES string of the molecule is CC(=O)c1cccc(S(=O)(=O)Oc2ccc3c(c2)CCC(=O)N3)c1. The Morgan fingerprint density at radius 3 is 2.67 bits per heavy atom. The van der Waals surface area contributed by atoms with Gasteiger partial charge in [0.1, 0.15) is 10.6 Å². The summed E-state index contributed by atoms with van der Waals surface area (Å²) in [6, 6.07) is 10.4. The van der Waals surface area contributed by atoms with Crippen LogP contribution >= 0.6 is 0 Å². The minimum atomic E-state index is -4.05. The molecule has 0 spiro atoms. The van der Waals surface area contributed by atoms with Gasteiger partial charge in [-0.25, -0.2) is 0 Å². The van der Waals surface area contributed by atoms with Crippen LogP contribution in [0.3, 0.4) is 0 Å². The van der Waals surface area contributed by atoms with Crippen molar-refractivity contribution in [1.82, 2.24) is 0 Å². The monoisotopic (exact) mass is 345 g/mol. The molecule has 1 aliphatic rings. The Labute approximate surface area is 139 Å². The standard InChI is InChI=1S/C17H15NO5S/c1-11(19)12-3-2-4-15(10-12)24(21,22)23-14-6-7-16-13(9-14)5-8-17(20)18-16/h2-4,6-7,9-10H,5,8H2,1H3,(H,18,20). The first-order valence-electron chi connectivity index (χ1n) is 7.33. The minimum absolute atomic E-state index is 0.0650. The molecule has 2 aromatic carbocycles. The molecule has 0 aromatic heterocycles. The van der Waals surface area contributed by atoms with Gasteiger partial charge >= 0.3 is 10.1 Å². The van der Waals surface area contributed by atoms with E-state index in [-0.39, 0.29) is 22.3 Å². The van der Waals surface area contributed by atoms with Crippen LogP contribution in [-0.2, 0) is 21.3 Å². The fourth-order valence-electron chi connectivity index (χ4n) is 2.46. The smallest absolute Gasteiger partial charge is 0.339 e. The van der Waals surface area contributed by atoms with Crippen molar-refractivity contribution in [2.75, 3.05) is 5.32 Å². The third-order valence-corrected chi connectivity index (χ3v) is 4.95. The van der Waals surface area contributed by atoms with Crippen molar-refractivity contribution >= 4 is 27.5 Å². The van der Waals surface area contributed by atoms with Gasteiger partial charge in [-0.2, -0.15) is 8.42 Å². The van der Waals surface area contributed by atoms with Crippen molar-refractivity contribution in [3.63, 3.8) is 0 Å². The van der Waals surface area contributed by atoms with Crippen LogP contribution in [0, 0.1) is 0 Å². The van der Waals surface area contributed by atoms with Crippen LogP contribution in [-0.4, -0.2) is 20.1 Å². The minimum Gasteiger partial charge on any atom is -0.379 e. The Balaban J connectivity index is 1.89. The number of carbonyl (C=O) groups is 2. The Hall–Kier alpha value is -2.67. The van der Waals surface area contributed by atoms with Gasteiger partial charge in [0.05, 0.1) is 0 Å². The summed E-state index contributed by atoms with van der Waals surface area (Å²) in [7, 11) is -4.05. The van der Waals surface area contributed by atoms with Crippen molar-refractivity contribution in [3.05, 3.63) is 53.6 Å². The molecule has 6 nitrogen and oxygen atoms in total. The molecule has 0 unspecified atom stereocenters. The number of amides is 1. The molecule has 0 atom stereocenters. The summed E-state index contributed by atoms with van der Waals surface area (Å²) < 4.78 is 30.0. The predicted octanol–water partition coefficient (Wildman–Crippen LogP) is 2.54. The largest absolute Gasteiger partial charge is 0.379 e. The van der Waals surface area contributed by atoms with Gasteiger partial charge in [-0.3, -0.25) is 9.59 Å². The molecular formula is C17H15NO5S. The van der Waals surface area contributed by atoms with Crippen LogP contribution in [0.25, 0.3) is 0 Å². The number of carbonyl (C=O) groups excluding carboxylic acids is 2. The zero-order chi connectivity index (χ0) is 17.3. The predicted molar refractivity (Wildman–Crippen MR) is 87.7 cm³/mol. The van der Waals surface area contributed by atoms with Gasteiger partial charge in [-0.1, -0.05) is 12.1 Å². The first-order chi connectivity index (χ1) is 11.3. The topological polar surface area (TPSA) is 89.5 Å². The number of Topliss-reactive ketones (excluding diaryl/α,β-unsaturated/α-hetero) is 1. The summed E-state index contributed by atoms with van der Waals surface area (Å²) in [5.74, 6) is -0.125. The fraction of sp³-hybridized carbons (Fsp3) is 0.176. The van der Waals surface area contributed by atoms with E-state index in [2.05, 4.69) is 5.32 Å². The number of benzene rings is 2. The highest BCUT2D eigenvalue weighted by molar-refractivity contribution is 7.87. The van der Waals surface area contributed by atoms with E-state index in [0.717, 1.165) is 5.56 Å². The van der Waals surface area contributed by atoms with Crippen molar-refractivity contribution in [2.24, 2.45) is 0 Å². The average Bonchev–Trinajstić information content (AvgIpc) is 2.55. The lowest BCUT2D eigenvalue weighted by Crippen LogP contribution is -2.19. The number of rotatable bonds is 4. The number of hydrogen-bond acceptors (Lipinski definition) is 5. The highest BCUT2D eigenvalue weighted by Gasteiger charge is 2.20. The molecule has 1 N–H and O–H groups in total. The Morgan fingerprint density at radius 1 is 1.12 bits per heavy atom. The van der Waals surface area contributed by atoms with Gasteiger partial charge in [-0.05, 0) is 49.2 Å². The summed E-state index contributed by atoms with van der Waals surface area (Å²) >= 11 is 0. The summed E-state index contributed by atoms with van der Waals surface area (Å²) in [6.45, 7) is 1.37. The second-order valence-corrected chi connectivity index (χ2v) is 7.03. The number of nitrogens with one attached hydrogen (secondary N) is 1. The van der Waals surface area contributed by atoms with Crippen molar-refractivity contribution < 1.29 is 22.2 Å². The van der Waals surface area contributed by atoms with E-state index in [0.29, 0.717) is 24.1 Å². The highest BCUT2D eigenvalue weighted by atomic mass is 32.2. The summed E-state index contributed by atoms with van der Waals surface area (Å²) in [5.41, 5.74) is 1.78. The molecule has 0 bridgehead atoms. The van der Waals surface area contributed by atoms with Gasteiger partial charge in [0.15, 0.2) is 5.78 Å². The molecule has 1 heterocycles. The maximum absolute atomic E-state index is 12.4. The lowest BCUT2D eigenvalue weighted by molar-refractivity contribution is -0.116. The molecule has 2 aromatic rings. The van der Waals surface area contributed by atoms with Crippen LogP contribution in [0.15, 0.2) is 47.4 Å². The molecule has 0 saturated carbocycles. The molecule has 124 valence electrons. The molecular weight excluding hydrogens is 330 g/mol. The van der Waals surface area contributed by atoms with E-state index in [4.69, 9.17) is 4.18 Å². The van der Waals surface area contributed by atoms with E-state index in [1.54, 1.807) is 18.2 Å². The van der Waals surface area contributed by atoms with Gasteiger partial charge < -0.3 is 9.50 Å². The second-order valence-electron chi connectivity index (χ2n) is 5.49. The molecule has 0 fully saturated rings. The maximum atomic E-state index is 12.4. The summed E-state index contributed by atoms with van der Waals surface area (Å²) in [4.78, 5) is 22.7. The normalized spacial score (nSPS) is 13.8. The number of ketones is 1. The Bertz CT molecular complexity index is 934. The summed E-state index contributed by atoms with van der Waals surface area (Å²) in [6.07, 6.45) is 0.877. The Morgan fingerprint density at radius 2 is 1.92 bits per heavy atom. The average molecular weight is 345 g/mol. The lowest BCUT2D eigenvalue weighted by Gasteiger charge is -2.17. The number of fused-ring (bicyclic) bond motifs is 1. The van der Waals surface area contributed by atoms with Crippen LogP contribution in [0.1, 0.15) is 29.3 Å². The Kier molecular flexibility index (Phi) is 4.11. The number of hydrogen-bond donors (Lipinski definition) is 1. The summed E-state index contributed by atoms with van der Waals surface area (Å²) in [5, 5.41) is 2.72. The molecule has 24 heavy (non-hydrogen) atoms. The lowest BCUT2D eigenvalue weighted by atomic mass is 10.0. The molecule has 7 heteroatoms. The van der Waals surface area contributed by atoms with Gasteiger partial charge in [0, 0.05) is 17.7 Å². The van der Waals surface area contributed by atoms with Crippen LogP contribution in [0.5, 0.6) is 5.75 Å². The van der Waals surface area contributed by atoms with Crippen LogP contribution < -0.4 is 9.50 Å². The highest BCUT2D eigenvalue weighted by Crippen LogP contribution is 2.28. The second kappa shape index (κ2) is 6.09. The fourth-order valence-corrected chi connectivity index (χ4v) is 3.43. The van der Waals surface area contributed by atoms with Crippen molar-refractivity contribution in [1.29, 1.82) is 0 Å². The van der Waals surface area contributed by atoms with E-state index in [1.807, 2.05) is 0 Å². The maximum Gasteiger partial charge on any atom is 0.339 e. The van der Waals surface area contributed by atoms with Gasteiger partial charge in [0.25, 0.3) is 0 Å². The molecule has 3 rings (SSSR count). The van der Waals surface area contributed by atoms with Crippen molar-refractivity contribution in [3.8, 4) is 5.75 Å². The third-order valence-electron chi connectivity index (χ3n) is 3.71. The molecule has 0 aliphatic carbocycles. The van der Waals surface area contributed by atoms with Crippen molar-refractivity contribution in [2.45, 2.75) is 24.7 Å². The zero-order valence-electron chi connectivity index (χ0n) is 12.9. The number of aryl methyl sites for hydroxylation is 1. The first kappa shape index (κ1) is 16.2. The molecule has 0 saturated heterocycles. The van der Waals surface area contributed by atoms with E-state index >= 15 is 0 Å². The third kappa shape index (κ3) is 3.30. The van der Waals surface area contributed by atoms with Crippen LogP contribution in [0.2, 0.25) is 0 Å². The molecule has 1 amide bonds. The van der Waals surface area contributed by atoms with E-state index in [9.17, 15) is 18.0 Å². The first-order valence-corrected chi connectivity index (χ1v) is 8.74. The number of anilines is 1. The quantitative estimate of drug-likeness (QED) is 0.679. The van der Waals surface area contributed by atoms with E-state index < -0.39 is 10.1 Å². The molecule has 1 aliphatic heterocycles. The van der Waals surface area contributed by atoms with Gasteiger partial charge in [-0.15, -0.1) is 0 Å². The zero-order valence-corrected chi connectivity index (χ0v) is 13.7. The van der Waals surface area contributed by atoms with Gasteiger partial charge in [0.2, 0.25) is 5.91 Å². The molecule has 0 radical (unpaired) electrons. The van der Waals surface area contributed by atoms with Crippen LogP contribution in [0.4, 0.5) is 5.69 Å².